The van der Waals surface area contributed by atoms with E-state index in [-0.39, 0.29) is 17.9 Å². The third kappa shape index (κ3) is 10.6. The summed E-state index contributed by atoms with van der Waals surface area (Å²) in [5, 5.41) is 16.2. The molecule has 166 valence electrons. The lowest BCUT2D eigenvalue weighted by molar-refractivity contribution is -0.141. The number of hydrogen-bond donors (Lipinski definition) is 8. The molecule has 0 radical (unpaired) electrons. The topological polar surface area (TPSA) is 194 Å². The lowest BCUT2D eigenvalue weighted by Gasteiger charge is -2.24. The minimum absolute atomic E-state index is 0.105. The van der Waals surface area contributed by atoms with Gasteiger partial charge in [-0.05, 0) is 18.4 Å². The van der Waals surface area contributed by atoms with Gasteiger partial charge in [0, 0.05) is 11.5 Å². The van der Waals surface area contributed by atoms with Crippen molar-refractivity contribution in [1.82, 2.24) is 16.0 Å². The standard InChI is InChI=1S/C15H27N5O6S3/c1-29-3-2-8(13(23)20-10(6-28)15(25)26)18-14(24)9(5-27)19-12(22)7(16)4-11(17)21/h7-10,27-28H,2-6,16H2,1H3,(H2,17,21)(H,18,24)(H,19,22)(H,20,23)(H,25,26). The Kier molecular flexibility index (Phi) is 13.5. The third-order valence-corrected chi connectivity index (χ3v) is 4.99. The summed E-state index contributed by atoms with van der Waals surface area (Å²) < 4.78 is 0. The molecule has 0 saturated heterocycles. The first-order valence-electron chi connectivity index (χ1n) is 8.45. The van der Waals surface area contributed by atoms with Crippen LogP contribution in [0.5, 0.6) is 0 Å². The average molecular weight is 470 g/mol. The van der Waals surface area contributed by atoms with Crippen molar-refractivity contribution < 1.29 is 29.1 Å². The molecule has 0 aromatic carbocycles. The molecule has 29 heavy (non-hydrogen) atoms. The number of nitrogens with one attached hydrogen (secondary N) is 3. The highest BCUT2D eigenvalue weighted by Gasteiger charge is 2.29. The van der Waals surface area contributed by atoms with Gasteiger partial charge in [0.1, 0.15) is 18.1 Å². The number of carbonyl (C=O) groups is 5. The van der Waals surface area contributed by atoms with Crippen molar-refractivity contribution >= 4 is 66.6 Å². The van der Waals surface area contributed by atoms with Crippen molar-refractivity contribution in [1.29, 1.82) is 0 Å². The summed E-state index contributed by atoms with van der Waals surface area (Å²) in [6, 6.07) is -4.61. The monoisotopic (exact) mass is 469 g/mol. The second kappa shape index (κ2) is 14.4. The number of thioether (sulfide) groups is 1. The second-order valence-corrected chi connectivity index (χ2v) is 7.66. The van der Waals surface area contributed by atoms with Crippen LogP contribution in [0, 0.1) is 0 Å². The molecule has 8 N–H and O–H groups in total. The Morgan fingerprint density at radius 1 is 0.931 bits per heavy atom. The van der Waals surface area contributed by atoms with Gasteiger partial charge in [-0.1, -0.05) is 0 Å². The molecule has 4 amide bonds. The fraction of sp³-hybridized carbons (Fsp3) is 0.667. The molecule has 11 nitrogen and oxygen atoms in total. The number of carbonyl (C=O) groups excluding carboxylic acids is 4. The number of rotatable bonds is 14. The molecule has 0 aliphatic rings. The molecule has 0 spiro atoms. The van der Waals surface area contributed by atoms with E-state index in [9.17, 15) is 24.0 Å². The Bertz CT molecular complexity index is 609. The summed E-state index contributed by atoms with van der Waals surface area (Å²) in [6.45, 7) is 0. The number of aliphatic carboxylic acids is 1. The molecule has 0 aromatic rings. The maximum atomic E-state index is 12.5. The Balaban J connectivity index is 5.11. The van der Waals surface area contributed by atoms with Gasteiger partial charge in [0.15, 0.2) is 0 Å². The highest BCUT2D eigenvalue weighted by molar-refractivity contribution is 7.98. The van der Waals surface area contributed by atoms with Gasteiger partial charge in [0.25, 0.3) is 0 Å². The molecule has 4 atom stereocenters. The van der Waals surface area contributed by atoms with Crippen molar-refractivity contribution in [2.24, 2.45) is 11.5 Å². The Labute approximate surface area is 183 Å². The molecule has 0 aliphatic heterocycles. The van der Waals surface area contributed by atoms with Crippen molar-refractivity contribution in [3.05, 3.63) is 0 Å². The maximum absolute atomic E-state index is 12.5. The summed E-state index contributed by atoms with van der Waals surface area (Å²) in [7, 11) is 0. The molecule has 0 heterocycles. The molecule has 0 saturated carbocycles. The first kappa shape index (κ1) is 27.4. The van der Waals surface area contributed by atoms with Gasteiger partial charge in [-0.3, -0.25) is 19.2 Å². The van der Waals surface area contributed by atoms with E-state index in [2.05, 4.69) is 41.2 Å². The van der Waals surface area contributed by atoms with Crippen LogP contribution in [0.3, 0.4) is 0 Å². The Morgan fingerprint density at radius 3 is 1.86 bits per heavy atom. The van der Waals surface area contributed by atoms with Gasteiger partial charge in [-0.25, -0.2) is 4.79 Å². The normalized spacial score (nSPS) is 14.8. The lowest BCUT2D eigenvalue weighted by Crippen LogP contribution is -2.58. The maximum Gasteiger partial charge on any atom is 0.327 e. The number of amides is 4. The van der Waals surface area contributed by atoms with E-state index in [1.54, 1.807) is 6.26 Å². The highest BCUT2D eigenvalue weighted by Crippen LogP contribution is 2.04. The van der Waals surface area contributed by atoms with E-state index in [1.807, 2.05) is 0 Å². The lowest BCUT2D eigenvalue weighted by atomic mass is 10.1. The fourth-order valence-electron chi connectivity index (χ4n) is 2.02. The van der Waals surface area contributed by atoms with Gasteiger partial charge in [0.2, 0.25) is 23.6 Å². The Morgan fingerprint density at radius 2 is 1.41 bits per heavy atom. The van der Waals surface area contributed by atoms with Crippen LogP contribution in [0.4, 0.5) is 0 Å². The number of carboxylic acid groups (broad SMARTS) is 1. The molecule has 4 unspecified atom stereocenters. The van der Waals surface area contributed by atoms with E-state index in [0.29, 0.717) is 5.75 Å². The third-order valence-electron chi connectivity index (χ3n) is 3.61. The number of hydrogen-bond acceptors (Lipinski definition) is 9. The Hall–Kier alpha value is -1.64. The van der Waals surface area contributed by atoms with Crippen molar-refractivity contribution in [2.75, 3.05) is 23.5 Å². The van der Waals surface area contributed by atoms with Crippen molar-refractivity contribution in [3.63, 3.8) is 0 Å². The molecule has 0 bridgehead atoms. The molecule has 0 rings (SSSR count). The molecule has 14 heteroatoms. The van der Waals surface area contributed by atoms with Gasteiger partial charge < -0.3 is 32.5 Å². The zero-order chi connectivity index (χ0) is 22.6. The zero-order valence-electron chi connectivity index (χ0n) is 15.8. The first-order chi connectivity index (χ1) is 13.6. The van der Waals surface area contributed by atoms with E-state index in [4.69, 9.17) is 16.6 Å². The first-order valence-corrected chi connectivity index (χ1v) is 11.1. The van der Waals surface area contributed by atoms with Gasteiger partial charge >= 0.3 is 5.97 Å². The summed E-state index contributed by atoms with van der Waals surface area (Å²) in [6.07, 6.45) is 1.64. The number of nitrogens with two attached hydrogens (primary N) is 2. The zero-order valence-corrected chi connectivity index (χ0v) is 18.4. The van der Waals surface area contributed by atoms with E-state index >= 15 is 0 Å². The predicted octanol–water partition coefficient (Wildman–Crippen LogP) is -2.66. The predicted molar refractivity (Wildman–Crippen MR) is 116 cm³/mol. The molecular weight excluding hydrogens is 442 g/mol. The molecular formula is C15H27N5O6S3. The summed E-state index contributed by atoms with van der Waals surface area (Å²) >= 11 is 9.32. The minimum Gasteiger partial charge on any atom is -0.480 e. The van der Waals surface area contributed by atoms with E-state index in [0.717, 1.165) is 0 Å². The summed E-state index contributed by atoms with van der Waals surface area (Å²) in [4.78, 5) is 58.8. The van der Waals surface area contributed by atoms with Crippen LogP contribution in [0.25, 0.3) is 0 Å². The summed E-state index contributed by atoms with van der Waals surface area (Å²) in [5.41, 5.74) is 10.5. The number of thiol groups is 2. The number of primary amides is 1. The quantitative estimate of drug-likeness (QED) is 0.126. The fourth-order valence-corrected chi connectivity index (χ4v) is 2.99. The number of carboxylic acids is 1. The second-order valence-electron chi connectivity index (χ2n) is 5.95. The van der Waals surface area contributed by atoms with Crippen LogP contribution in [-0.4, -0.2) is 82.4 Å². The molecule has 0 fully saturated rings. The van der Waals surface area contributed by atoms with Gasteiger partial charge in [-0.15, -0.1) is 0 Å². The molecule has 0 aliphatic carbocycles. The van der Waals surface area contributed by atoms with Crippen LogP contribution in [0.15, 0.2) is 0 Å². The average Bonchev–Trinajstić information content (AvgIpc) is 2.65. The molecule has 0 aromatic heterocycles. The summed E-state index contributed by atoms with van der Waals surface area (Å²) in [5.74, 6) is -3.93. The van der Waals surface area contributed by atoms with Crippen LogP contribution in [0.1, 0.15) is 12.8 Å². The largest absolute Gasteiger partial charge is 0.480 e. The van der Waals surface area contributed by atoms with Crippen molar-refractivity contribution in [2.45, 2.75) is 37.0 Å². The van der Waals surface area contributed by atoms with Crippen LogP contribution in [0.2, 0.25) is 0 Å². The van der Waals surface area contributed by atoms with Crippen LogP contribution >= 0.6 is 37.0 Å². The minimum atomic E-state index is -1.26. The SMILES string of the molecule is CSCCC(NC(=O)C(CS)NC(=O)C(N)CC(N)=O)C(=O)NC(CS)C(=O)O. The van der Waals surface area contributed by atoms with Gasteiger partial charge in [-0.2, -0.15) is 37.0 Å². The highest BCUT2D eigenvalue weighted by atomic mass is 32.2. The van der Waals surface area contributed by atoms with Crippen molar-refractivity contribution in [3.8, 4) is 0 Å². The smallest absolute Gasteiger partial charge is 0.327 e. The van der Waals surface area contributed by atoms with E-state index in [1.165, 1.54) is 11.8 Å². The van der Waals surface area contributed by atoms with Gasteiger partial charge in [0.05, 0.1) is 12.5 Å². The van der Waals surface area contributed by atoms with Crippen LogP contribution in [-0.2, 0) is 24.0 Å². The van der Waals surface area contributed by atoms with E-state index < -0.39 is 60.2 Å². The van der Waals surface area contributed by atoms with Crippen LogP contribution < -0.4 is 27.4 Å².